The van der Waals surface area contributed by atoms with Crippen molar-refractivity contribution < 1.29 is 0 Å². The van der Waals surface area contributed by atoms with Gasteiger partial charge in [-0.2, -0.15) is 12.6 Å². The smallest absolute Gasteiger partial charge is 0.00979 e. The second-order valence-corrected chi connectivity index (χ2v) is 6.77. The van der Waals surface area contributed by atoms with Crippen molar-refractivity contribution >= 4 is 12.6 Å². The molecule has 0 amide bonds. The molecule has 0 unspecified atom stereocenters. The molecule has 0 aliphatic rings. The molecule has 0 aliphatic carbocycles. The minimum Gasteiger partial charge on any atom is -0.179 e. The molecule has 0 radical (unpaired) electrons. The minimum atomic E-state index is 1.06. The van der Waals surface area contributed by atoms with E-state index < -0.39 is 0 Å². The van der Waals surface area contributed by atoms with Crippen molar-refractivity contribution in [2.24, 2.45) is 0 Å². The van der Waals surface area contributed by atoms with Crippen molar-refractivity contribution in [2.45, 2.75) is 124 Å². The molecule has 0 fully saturated rings. The van der Waals surface area contributed by atoms with Crippen LogP contribution in [0.2, 0.25) is 0 Å². The van der Waals surface area contributed by atoms with E-state index >= 15 is 0 Å². The zero-order chi connectivity index (χ0) is 16.0. The number of unbranched alkanes of at least 4 members (excludes halogenated alkanes) is 14. The summed E-state index contributed by atoms with van der Waals surface area (Å²) >= 11 is 4.15. The molecule has 0 bridgehead atoms. The third-order valence-corrected chi connectivity index (χ3v) is 4.29. The topological polar surface area (TPSA) is 0 Å². The van der Waals surface area contributed by atoms with E-state index in [0.29, 0.717) is 0 Å². The van der Waals surface area contributed by atoms with Gasteiger partial charge < -0.3 is 0 Å². The summed E-state index contributed by atoms with van der Waals surface area (Å²) in [6.07, 6.45) is 22.7. The van der Waals surface area contributed by atoms with E-state index in [-0.39, 0.29) is 0 Å². The molecule has 0 heterocycles. The van der Waals surface area contributed by atoms with Gasteiger partial charge in [0.05, 0.1) is 0 Å². The molecular formula is C20H44S. The van der Waals surface area contributed by atoms with E-state index in [1.807, 2.05) is 0 Å². The summed E-state index contributed by atoms with van der Waals surface area (Å²) in [4.78, 5) is 0. The minimum absolute atomic E-state index is 1.06. The highest BCUT2D eigenvalue weighted by atomic mass is 32.1. The lowest BCUT2D eigenvalue weighted by Gasteiger charge is -1.99. The van der Waals surface area contributed by atoms with Crippen LogP contribution in [-0.4, -0.2) is 5.75 Å². The molecule has 0 aliphatic heterocycles. The van der Waals surface area contributed by atoms with Gasteiger partial charge in [-0.25, -0.2) is 0 Å². The van der Waals surface area contributed by atoms with E-state index in [0.717, 1.165) is 5.75 Å². The fraction of sp³-hybridized carbons (Fsp3) is 1.00. The molecule has 0 nitrogen and oxygen atoms in total. The first kappa shape index (κ1) is 23.6. The van der Waals surface area contributed by atoms with Crippen molar-refractivity contribution in [2.75, 3.05) is 5.75 Å². The largest absolute Gasteiger partial charge is 0.179 e. The molecule has 0 rings (SSSR count). The van der Waals surface area contributed by atoms with Crippen molar-refractivity contribution in [3.05, 3.63) is 0 Å². The van der Waals surface area contributed by atoms with Gasteiger partial charge in [-0.05, 0) is 12.2 Å². The molecule has 0 atom stereocenters. The van der Waals surface area contributed by atoms with Crippen LogP contribution in [0.15, 0.2) is 0 Å². The Morgan fingerprint density at radius 1 is 0.381 bits per heavy atom. The Morgan fingerprint density at radius 2 is 0.619 bits per heavy atom. The van der Waals surface area contributed by atoms with Gasteiger partial charge in [-0.15, -0.1) is 0 Å². The Morgan fingerprint density at radius 3 is 0.857 bits per heavy atom. The fourth-order valence-corrected chi connectivity index (χ4v) is 2.68. The van der Waals surface area contributed by atoms with Gasteiger partial charge in [-0.1, -0.05) is 117 Å². The number of hydrogen-bond donors (Lipinski definition) is 1. The highest BCUT2D eigenvalue weighted by molar-refractivity contribution is 7.80. The molecule has 0 N–H and O–H groups in total. The van der Waals surface area contributed by atoms with Crippen molar-refractivity contribution in [3.8, 4) is 0 Å². The second-order valence-electron chi connectivity index (χ2n) is 6.32. The highest BCUT2D eigenvalue weighted by Crippen LogP contribution is 2.10. The van der Waals surface area contributed by atoms with E-state index in [1.165, 1.54) is 103 Å². The maximum atomic E-state index is 4.15. The zero-order valence-electron chi connectivity index (χ0n) is 15.5. The van der Waals surface area contributed by atoms with E-state index in [4.69, 9.17) is 0 Å². The van der Waals surface area contributed by atoms with Crippen molar-refractivity contribution in [3.63, 3.8) is 0 Å². The van der Waals surface area contributed by atoms with Gasteiger partial charge in [0, 0.05) is 0 Å². The summed E-state index contributed by atoms with van der Waals surface area (Å²) in [5, 5.41) is 0. The average molecular weight is 317 g/mol. The first-order valence-electron chi connectivity index (χ1n) is 9.94. The van der Waals surface area contributed by atoms with Crippen LogP contribution in [-0.2, 0) is 0 Å². The number of thiol groups is 1. The predicted molar refractivity (Wildman–Crippen MR) is 105 cm³/mol. The van der Waals surface area contributed by atoms with Gasteiger partial charge in [0.15, 0.2) is 0 Å². The molecule has 0 aromatic heterocycles. The number of hydrogen-bond acceptors (Lipinski definition) is 1. The standard InChI is InChI=1S/C12H26.C8H18S/c1-3-5-7-9-11-12-10-8-6-4-2;1-2-3-4-5-6-7-8-9/h3-12H2,1-2H3;9H,2-8H2,1H3. The van der Waals surface area contributed by atoms with Crippen LogP contribution in [0.3, 0.4) is 0 Å². The van der Waals surface area contributed by atoms with Crippen LogP contribution in [0.1, 0.15) is 124 Å². The van der Waals surface area contributed by atoms with E-state index in [2.05, 4.69) is 33.4 Å². The molecule has 21 heavy (non-hydrogen) atoms. The van der Waals surface area contributed by atoms with Gasteiger partial charge in [-0.3, -0.25) is 0 Å². The summed E-state index contributed by atoms with van der Waals surface area (Å²) in [7, 11) is 0. The molecule has 0 saturated heterocycles. The lowest BCUT2D eigenvalue weighted by atomic mass is 10.1. The average Bonchev–Trinajstić information content (AvgIpc) is 2.51. The summed E-state index contributed by atoms with van der Waals surface area (Å²) < 4.78 is 0. The quantitative estimate of drug-likeness (QED) is 0.228. The van der Waals surface area contributed by atoms with Crippen LogP contribution >= 0.6 is 12.6 Å². The van der Waals surface area contributed by atoms with Crippen LogP contribution < -0.4 is 0 Å². The lowest BCUT2D eigenvalue weighted by molar-refractivity contribution is 0.562. The van der Waals surface area contributed by atoms with E-state index in [9.17, 15) is 0 Å². The van der Waals surface area contributed by atoms with Gasteiger partial charge in [0.1, 0.15) is 0 Å². The summed E-state index contributed by atoms with van der Waals surface area (Å²) in [6, 6.07) is 0. The summed E-state index contributed by atoms with van der Waals surface area (Å²) in [6.45, 7) is 6.81. The van der Waals surface area contributed by atoms with Gasteiger partial charge in [0.2, 0.25) is 0 Å². The van der Waals surface area contributed by atoms with Crippen molar-refractivity contribution in [1.29, 1.82) is 0 Å². The first-order chi connectivity index (χ1) is 10.3. The maximum absolute atomic E-state index is 4.15. The Balaban J connectivity index is 0. The maximum Gasteiger partial charge on any atom is -0.00979 e. The Bertz CT molecular complexity index is 129. The van der Waals surface area contributed by atoms with Crippen LogP contribution in [0, 0.1) is 0 Å². The summed E-state index contributed by atoms with van der Waals surface area (Å²) in [5.41, 5.74) is 0. The fourth-order valence-electron chi connectivity index (χ4n) is 2.45. The molecule has 0 aromatic rings. The molecule has 130 valence electrons. The van der Waals surface area contributed by atoms with Crippen LogP contribution in [0.4, 0.5) is 0 Å². The second kappa shape index (κ2) is 25.3. The molecule has 0 spiro atoms. The third kappa shape index (κ3) is 29.1. The first-order valence-corrected chi connectivity index (χ1v) is 10.6. The monoisotopic (exact) mass is 316 g/mol. The van der Waals surface area contributed by atoms with Crippen LogP contribution in [0.5, 0.6) is 0 Å². The summed E-state index contributed by atoms with van der Waals surface area (Å²) in [5.74, 6) is 1.06. The molecule has 0 saturated carbocycles. The Labute approximate surface area is 142 Å². The van der Waals surface area contributed by atoms with Gasteiger partial charge >= 0.3 is 0 Å². The third-order valence-electron chi connectivity index (χ3n) is 3.97. The highest BCUT2D eigenvalue weighted by Gasteiger charge is 1.90. The normalized spacial score (nSPS) is 10.3. The van der Waals surface area contributed by atoms with Crippen molar-refractivity contribution in [1.82, 2.24) is 0 Å². The zero-order valence-corrected chi connectivity index (χ0v) is 16.4. The SMILES string of the molecule is CCCCCCCCCCCC.CCCCCCCCS. The molecule has 0 aromatic carbocycles. The Hall–Kier alpha value is 0.350. The van der Waals surface area contributed by atoms with Gasteiger partial charge in [0.25, 0.3) is 0 Å². The molecule has 1 heteroatoms. The lowest BCUT2D eigenvalue weighted by Crippen LogP contribution is -1.80. The van der Waals surface area contributed by atoms with Crippen LogP contribution in [0.25, 0.3) is 0 Å². The van der Waals surface area contributed by atoms with E-state index in [1.54, 1.807) is 0 Å². The molecular weight excluding hydrogens is 272 g/mol. The predicted octanol–water partition coefficient (Wildman–Crippen LogP) is 8.20. The number of rotatable bonds is 15. The Kier molecular flexibility index (Phi) is 28.5.